The fourth-order valence-electron chi connectivity index (χ4n) is 4.40. The Morgan fingerprint density at radius 1 is 1.26 bits per heavy atom. The Balaban J connectivity index is 1.46. The molecule has 2 fully saturated rings. The number of amides is 2. The Bertz CT molecular complexity index is 665. The highest BCUT2D eigenvalue weighted by Crippen LogP contribution is 2.40. The summed E-state index contributed by atoms with van der Waals surface area (Å²) in [7, 11) is 3.40. The van der Waals surface area contributed by atoms with Crippen LogP contribution in [0.2, 0.25) is 0 Å². The van der Waals surface area contributed by atoms with E-state index in [1.54, 1.807) is 19.1 Å². The predicted octanol–water partition coefficient (Wildman–Crippen LogP) is 1.85. The molecule has 1 unspecified atom stereocenters. The van der Waals surface area contributed by atoms with E-state index in [2.05, 4.69) is 0 Å². The van der Waals surface area contributed by atoms with E-state index < -0.39 is 11.5 Å². The molecule has 2 heterocycles. The first-order chi connectivity index (χ1) is 12.9. The van der Waals surface area contributed by atoms with Gasteiger partial charge in [0.1, 0.15) is 5.75 Å². The lowest BCUT2D eigenvalue weighted by Crippen LogP contribution is -2.56. The quantitative estimate of drug-likeness (QED) is 0.854. The third-order valence-corrected chi connectivity index (χ3v) is 6.00. The van der Waals surface area contributed by atoms with Gasteiger partial charge < -0.3 is 19.6 Å². The molecule has 0 bridgehead atoms. The van der Waals surface area contributed by atoms with Crippen LogP contribution in [0.25, 0.3) is 0 Å². The van der Waals surface area contributed by atoms with E-state index >= 15 is 0 Å². The van der Waals surface area contributed by atoms with Crippen LogP contribution in [0.3, 0.4) is 0 Å². The Labute approximate surface area is 161 Å². The van der Waals surface area contributed by atoms with Crippen molar-refractivity contribution in [1.29, 1.82) is 0 Å². The van der Waals surface area contributed by atoms with E-state index in [0.29, 0.717) is 45.3 Å². The van der Waals surface area contributed by atoms with Crippen molar-refractivity contribution in [3.63, 3.8) is 0 Å². The van der Waals surface area contributed by atoms with Crippen molar-refractivity contribution in [2.45, 2.75) is 44.6 Å². The van der Waals surface area contributed by atoms with Crippen LogP contribution in [0.1, 0.15) is 37.7 Å². The first-order valence-corrected chi connectivity index (χ1v) is 9.78. The average Bonchev–Trinajstić information content (AvgIpc) is 2.67. The van der Waals surface area contributed by atoms with Gasteiger partial charge in [-0.25, -0.2) is 0 Å². The van der Waals surface area contributed by atoms with Crippen molar-refractivity contribution in [1.82, 2.24) is 9.80 Å². The summed E-state index contributed by atoms with van der Waals surface area (Å²) in [6, 6.07) is 7.94. The normalized spacial score (nSPS) is 22.2. The monoisotopic (exact) mass is 374 g/mol. The second-order valence-electron chi connectivity index (χ2n) is 7.91. The highest BCUT2D eigenvalue weighted by atomic mass is 16.5. The molecule has 6 nitrogen and oxygen atoms in total. The van der Waals surface area contributed by atoms with Crippen LogP contribution in [0.5, 0.6) is 5.75 Å². The van der Waals surface area contributed by atoms with Gasteiger partial charge in [0.05, 0.1) is 18.6 Å². The minimum atomic E-state index is -0.480. The predicted molar refractivity (Wildman–Crippen MR) is 102 cm³/mol. The van der Waals surface area contributed by atoms with Gasteiger partial charge in [-0.05, 0) is 49.8 Å². The number of ether oxygens (including phenoxy) is 1. The number of carbonyl (C=O) groups is 2. The Morgan fingerprint density at radius 2 is 1.93 bits per heavy atom. The van der Waals surface area contributed by atoms with Gasteiger partial charge in [-0.1, -0.05) is 12.1 Å². The molecule has 0 radical (unpaired) electrons. The maximum atomic E-state index is 12.6. The van der Waals surface area contributed by atoms with Gasteiger partial charge in [0, 0.05) is 33.1 Å². The van der Waals surface area contributed by atoms with Gasteiger partial charge in [-0.2, -0.15) is 0 Å². The first kappa shape index (κ1) is 19.7. The number of aryl methyl sites for hydroxylation is 1. The van der Waals surface area contributed by atoms with Gasteiger partial charge >= 0.3 is 0 Å². The standard InChI is InChI=1S/C21H30N2O4/c1-22-15-17(24)14-21(20(22)26)10-12-23(13-11-21)19(25)5-3-4-16-6-8-18(27-2)9-7-16/h6-9,17,24H,3-5,10-15H2,1-2H3. The number of hydrogen-bond acceptors (Lipinski definition) is 4. The van der Waals surface area contributed by atoms with Crippen molar-refractivity contribution < 1.29 is 19.4 Å². The number of aliphatic hydroxyl groups is 1. The van der Waals surface area contributed by atoms with Crippen LogP contribution in [0.15, 0.2) is 24.3 Å². The molecule has 1 aromatic carbocycles. The number of likely N-dealkylation sites (N-methyl/N-ethyl adjacent to an activating group) is 1. The third kappa shape index (κ3) is 4.43. The number of nitrogens with zero attached hydrogens (tertiary/aromatic N) is 2. The highest BCUT2D eigenvalue weighted by Gasteiger charge is 2.47. The van der Waals surface area contributed by atoms with Crippen molar-refractivity contribution in [2.24, 2.45) is 5.41 Å². The zero-order valence-corrected chi connectivity index (χ0v) is 16.3. The molecule has 2 aliphatic rings. The molecule has 1 aromatic rings. The largest absolute Gasteiger partial charge is 0.497 e. The number of hydrogen-bond donors (Lipinski definition) is 1. The summed E-state index contributed by atoms with van der Waals surface area (Å²) in [6.07, 6.45) is 3.57. The highest BCUT2D eigenvalue weighted by molar-refractivity contribution is 5.84. The molecule has 0 aromatic heterocycles. The number of likely N-dealkylation sites (tertiary alicyclic amines) is 2. The molecular weight excluding hydrogens is 344 g/mol. The van der Waals surface area contributed by atoms with Crippen molar-refractivity contribution in [2.75, 3.05) is 33.8 Å². The fourth-order valence-corrected chi connectivity index (χ4v) is 4.40. The fraction of sp³-hybridized carbons (Fsp3) is 0.619. The third-order valence-electron chi connectivity index (χ3n) is 6.00. The molecule has 1 N–H and O–H groups in total. The van der Waals surface area contributed by atoms with Crippen molar-refractivity contribution in [3.05, 3.63) is 29.8 Å². The molecule has 1 atom stereocenters. The number of β-amino-alcohol motifs (C(OH)–C–C–N with tert-alkyl or cyclic N) is 1. The molecule has 0 saturated carbocycles. The topological polar surface area (TPSA) is 70.1 Å². The summed E-state index contributed by atoms with van der Waals surface area (Å²) < 4.78 is 5.16. The minimum Gasteiger partial charge on any atom is -0.497 e. The summed E-state index contributed by atoms with van der Waals surface area (Å²) in [4.78, 5) is 28.7. The number of piperidine rings is 2. The molecule has 148 valence electrons. The summed E-state index contributed by atoms with van der Waals surface area (Å²) in [5.74, 6) is 1.13. The summed E-state index contributed by atoms with van der Waals surface area (Å²) in [5, 5.41) is 10.1. The number of methoxy groups -OCH3 is 1. The molecule has 2 aliphatic heterocycles. The first-order valence-electron chi connectivity index (χ1n) is 9.78. The van der Waals surface area contributed by atoms with E-state index in [-0.39, 0.29) is 11.8 Å². The molecule has 3 rings (SSSR count). The Hall–Kier alpha value is -2.08. The van der Waals surface area contributed by atoms with Gasteiger partial charge in [0.25, 0.3) is 0 Å². The summed E-state index contributed by atoms with van der Waals surface area (Å²) in [5.41, 5.74) is 0.720. The average molecular weight is 374 g/mol. The number of aliphatic hydroxyl groups excluding tert-OH is 1. The van der Waals surface area contributed by atoms with Gasteiger partial charge in [-0.3, -0.25) is 9.59 Å². The van der Waals surface area contributed by atoms with E-state index in [1.165, 1.54) is 5.56 Å². The number of benzene rings is 1. The van der Waals surface area contributed by atoms with Gasteiger partial charge in [0.15, 0.2) is 0 Å². The number of rotatable bonds is 5. The van der Waals surface area contributed by atoms with E-state index in [0.717, 1.165) is 18.6 Å². The van der Waals surface area contributed by atoms with Crippen LogP contribution < -0.4 is 4.74 Å². The van der Waals surface area contributed by atoms with Crippen LogP contribution >= 0.6 is 0 Å². The smallest absolute Gasteiger partial charge is 0.228 e. The van der Waals surface area contributed by atoms with Gasteiger partial charge in [0.2, 0.25) is 11.8 Å². The van der Waals surface area contributed by atoms with Crippen LogP contribution in [0, 0.1) is 5.41 Å². The van der Waals surface area contributed by atoms with Crippen molar-refractivity contribution in [3.8, 4) is 5.75 Å². The lowest BCUT2D eigenvalue weighted by Gasteiger charge is -2.47. The summed E-state index contributed by atoms with van der Waals surface area (Å²) in [6.45, 7) is 1.62. The minimum absolute atomic E-state index is 0.124. The molecular formula is C21H30N2O4. The Morgan fingerprint density at radius 3 is 2.56 bits per heavy atom. The molecule has 27 heavy (non-hydrogen) atoms. The second-order valence-corrected chi connectivity index (χ2v) is 7.91. The maximum absolute atomic E-state index is 12.6. The molecule has 6 heteroatoms. The zero-order valence-electron chi connectivity index (χ0n) is 16.3. The Kier molecular flexibility index (Phi) is 6.05. The van der Waals surface area contributed by atoms with E-state index in [4.69, 9.17) is 4.74 Å². The van der Waals surface area contributed by atoms with Gasteiger partial charge in [-0.15, -0.1) is 0 Å². The van der Waals surface area contributed by atoms with E-state index in [1.807, 2.05) is 29.2 Å². The van der Waals surface area contributed by atoms with Crippen molar-refractivity contribution >= 4 is 11.8 Å². The van der Waals surface area contributed by atoms with E-state index in [9.17, 15) is 14.7 Å². The zero-order chi connectivity index (χ0) is 19.4. The van der Waals surface area contributed by atoms with Crippen LogP contribution in [-0.4, -0.2) is 66.6 Å². The number of carbonyl (C=O) groups excluding carboxylic acids is 2. The summed E-state index contributed by atoms with van der Waals surface area (Å²) >= 11 is 0. The molecule has 0 aliphatic carbocycles. The SMILES string of the molecule is COc1ccc(CCCC(=O)N2CCC3(CC2)CC(O)CN(C)C3=O)cc1. The maximum Gasteiger partial charge on any atom is 0.228 e. The van der Waals surface area contributed by atoms with Crippen LogP contribution in [0.4, 0.5) is 0 Å². The molecule has 1 spiro atoms. The second kappa shape index (κ2) is 8.30. The molecule has 2 saturated heterocycles. The lowest BCUT2D eigenvalue weighted by atomic mass is 9.71. The molecule has 2 amide bonds. The van der Waals surface area contributed by atoms with Crippen LogP contribution in [-0.2, 0) is 16.0 Å². The lowest BCUT2D eigenvalue weighted by molar-refractivity contribution is -0.156.